The number of nitrogens with one attached hydrogen (secondary N) is 1. The molecular formula is C26H35BrN6O. The molecule has 34 heavy (non-hydrogen) atoms. The lowest BCUT2D eigenvalue weighted by Gasteiger charge is -2.34. The molecule has 182 valence electrons. The van der Waals surface area contributed by atoms with Gasteiger partial charge >= 0.3 is 0 Å². The first-order valence-electron chi connectivity index (χ1n) is 11.7. The average Bonchev–Trinajstić information content (AvgIpc) is 2.81. The lowest BCUT2D eigenvalue weighted by Crippen LogP contribution is -2.46. The van der Waals surface area contributed by atoms with Crippen molar-refractivity contribution in [2.24, 2.45) is 11.7 Å². The molecule has 7 nitrogen and oxygen atoms in total. The van der Waals surface area contributed by atoms with E-state index < -0.39 is 6.04 Å². The minimum Gasteiger partial charge on any atom is -0.368 e. The molecule has 0 bridgehead atoms. The first-order chi connectivity index (χ1) is 16.4. The van der Waals surface area contributed by atoms with E-state index in [-0.39, 0.29) is 11.8 Å². The fourth-order valence-corrected chi connectivity index (χ4v) is 4.20. The predicted molar refractivity (Wildman–Crippen MR) is 144 cm³/mol. The molecule has 1 fully saturated rings. The summed E-state index contributed by atoms with van der Waals surface area (Å²) in [6.07, 6.45) is 8.18. The third-order valence-corrected chi connectivity index (χ3v) is 6.21. The van der Waals surface area contributed by atoms with E-state index in [1.807, 2.05) is 50.3 Å². The fraction of sp³-hybridized carbons (Fsp3) is 0.423. The van der Waals surface area contributed by atoms with Crippen LogP contribution in [0.4, 0.5) is 5.82 Å². The molecule has 0 aliphatic carbocycles. The van der Waals surface area contributed by atoms with Crippen molar-refractivity contribution in [3.63, 3.8) is 0 Å². The minimum atomic E-state index is -0.494. The Morgan fingerprint density at radius 1 is 1.18 bits per heavy atom. The Balaban J connectivity index is 1.64. The Morgan fingerprint density at radius 2 is 1.88 bits per heavy atom. The number of benzene rings is 1. The van der Waals surface area contributed by atoms with E-state index in [9.17, 15) is 4.79 Å². The zero-order valence-corrected chi connectivity index (χ0v) is 21.7. The summed E-state index contributed by atoms with van der Waals surface area (Å²) >= 11 is 3.38. The lowest BCUT2D eigenvalue weighted by atomic mass is 10.0. The second kappa shape index (κ2) is 12.8. The van der Waals surface area contributed by atoms with Crippen molar-refractivity contribution in [3.8, 4) is 0 Å². The van der Waals surface area contributed by atoms with Gasteiger partial charge in [-0.2, -0.15) is 0 Å². The van der Waals surface area contributed by atoms with Gasteiger partial charge in [-0.15, -0.1) is 0 Å². The van der Waals surface area contributed by atoms with Crippen LogP contribution in [0.1, 0.15) is 19.7 Å². The van der Waals surface area contributed by atoms with Crippen LogP contribution in [0.5, 0.6) is 0 Å². The number of para-hydroxylation sites is 1. The molecule has 1 amide bonds. The smallest absolute Gasteiger partial charge is 0.240 e. The predicted octanol–water partition coefficient (Wildman–Crippen LogP) is 3.73. The second-order valence-corrected chi connectivity index (χ2v) is 9.57. The molecule has 8 heteroatoms. The Morgan fingerprint density at radius 3 is 2.56 bits per heavy atom. The van der Waals surface area contributed by atoms with Crippen molar-refractivity contribution in [3.05, 3.63) is 66.5 Å². The molecule has 1 aromatic carbocycles. The first-order valence-corrected chi connectivity index (χ1v) is 12.8. The summed E-state index contributed by atoms with van der Waals surface area (Å²) in [5, 5.41) is 5.02. The molecule has 1 aliphatic rings. The van der Waals surface area contributed by atoms with Gasteiger partial charge in [-0.1, -0.05) is 72.8 Å². The van der Waals surface area contributed by atoms with Gasteiger partial charge in [-0.3, -0.25) is 14.6 Å². The summed E-state index contributed by atoms with van der Waals surface area (Å²) in [5.74, 6) is 1.07. The highest BCUT2D eigenvalue weighted by Gasteiger charge is 2.22. The number of hydrogen-bond donors (Lipinski definition) is 2. The topological polar surface area (TPSA) is 87.4 Å². The standard InChI is InChI=1S/C26H35BrN6O/c1-19(2)24(25(28)34)31-26-21-10-6-7-11-22(21)29-23(30-26)18-33-15-13-32(14-16-33)17-20(3)9-5-4-8-12-27/h4-11,19,24H,3,12-18H2,1-2H3,(H2,28,34)(H,29,30,31)/b8-4-,9-5-/t24-/m0/s1. The third-order valence-electron chi connectivity index (χ3n) is 5.84. The maximum atomic E-state index is 12.0. The average molecular weight is 528 g/mol. The maximum Gasteiger partial charge on any atom is 0.240 e. The van der Waals surface area contributed by atoms with Crippen LogP contribution < -0.4 is 11.1 Å². The number of aromatic nitrogens is 2. The van der Waals surface area contributed by atoms with Crippen molar-refractivity contribution in [1.29, 1.82) is 0 Å². The summed E-state index contributed by atoms with van der Waals surface area (Å²) in [5.41, 5.74) is 7.60. The highest BCUT2D eigenvalue weighted by Crippen LogP contribution is 2.23. The van der Waals surface area contributed by atoms with Crippen LogP contribution in [-0.2, 0) is 11.3 Å². The number of alkyl halides is 1. The number of fused-ring (bicyclic) bond motifs is 1. The number of hydrogen-bond acceptors (Lipinski definition) is 6. The molecule has 3 N–H and O–H groups in total. The van der Waals surface area contributed by atoms with Gasteiger partial charge in [0.25, 0.3) is 0 Å². The monoisotopic (exact) mass is 526 g/mol. The number of anilines is 1. The van der Waals surface area contributed by atoms with Gasteiger partial charge in [0.05, 0.1) is 12.1 Å². The largest absolute Gasteiger partial charge is 0.368 e. The zero-order chi connectivity index (χ0) is 24.5. The number of halogens is 1. The molecule has 2 aromatic rings. The fourth-order valence-electron chi connectivity index (χ4n) is 3.99. The van der Waals surface area contributed by atoms with Crippen LogP contribution in [-0.4, -0.2) is 69.8 Å². The van der Waals surface area contributed by atoms with Crippen LogP contribution >= 0.6 is 15.9 Å². The SMILES string of the molecule is C=C(/C=C\C=C/CBr)CN1CCN(Cc2nc(N[C@H](C(N)=O)C(C)C)c3ccccc3n2)CC1. The van der Waals surface area contributed by atoms with Crippen molar-refractivity contribution < 1.29 is 4.79 Å². The first kappa shape index (κ1) is 26.1. The molecule has 3 rings (SSSR count). The van der Waals surface area contributed by atoms with E-state index in [1.165, 1.54) is 0 Å². The number of nitrogens with zero attached hydrogens (tertiary/aromatic N) is 4. The van der Waals surface area contributed by atoms with Gasteiger partial charge in [-0.05, 0) is 23.6 Å². The maximum absolute atomic E-state index is 12.0. The summed E-state index contributed by atoms with van der Waals surface area (Å²) in [4.78, 5) is 26.3. The molecule has 0 radical (unpaired) electrons. The van der Waals surface area contributed by atoms with E-state index in [0.29, 0.717) is 12.4 Å². The Kier molecular flexibility index (Phi) is 9.80. The van der Waals surface area contributed by atoms with Crippen molar-refractivity contribution in [2.75, 3.05) is 43.4 Å². The number of carbonyl (C=O) groups is 1. The van der Waals surface area contributed by atoms with E-state index in [2.05, 4.69) is 49.8 Å². The number of amides is 1. The highest BCUT2D eigenvalue weighted by molar-refractivity contribution is 9.09. The summed E-state index contributed by atoms with van der Waals surface area (Å²) < 4.78 is 0. The summed E-state index contributed by atoms with van der Waals surface area (Å²) in [7, 11) is 0. The molecule has 0 saturated carbocycles. The number of piperazine rings is 1. The lowest BCUT2D eigenvalue weighted by molar-refractivity contribution is -0.119. The van der Waals surface area contributed by atoms with E-state index >= 15 is 0 Å². The van der Waals surface area contributed by atoms with Crippen molar-refractivity contribution in [1.82, 2.24) is 19.8 Å². The molecule has 0 unspecified atom stereocenters. The Hall–Kier alpha value is -2.55. The number of primary amides is 1. The molecule has 1 aliphatic heterocycles. The molecular weight excluding hydrogens is 492 g/mol. The number of carbonyl (C=O) groups excluding carboxylic acids is 1. The summed E-state index contributed by atoms with van der Waals surface area (Å²) in [6.45, 7) is 13.5. The van der Waals surface area contributed by atoms with Gasteiger partial charge in [0, 0.05) is 43.4 Å². The van der Waals surface area contributed by atoms with Crippen molar-refractivity contribution >= 4 is 38.6 Å². The summed E-state index contributed by atoms with van der Waals surface area (Å²) in [6, 6.07) is 7.37. The van der Waals surface area contributed by atoms with E-state index in [0.717, 1.165) is 60.4 Å². The van der Waals surface area contributed by atoms with Crippen LogP contribution in [0, 0.1) is 5.92 Å². The number of nitrogens with two attached hydrogens (primary N) is 1. The molecule has 1 atom stereocenters. The minimum absolute atomic E-state index is 0.0489. The molecule has 1 aromatic heterocycles. The van der Waals surface area contributed by atoms with E-state index in [1.54, 1.807) is 0 Å². The van der Waals surface area contributed by atoms with Gasteiger partial charge in [0.15, 0.2) is 0 Å². The Bertz CT molecular complexity index is 1040. The van der Waals surface area contributed by atoms with Gasteiger partial charge in [0.2, 0.25) is 5.91 Å². The van der Waals surface area contributed by atoms with Gasteiger partial charge < -0.3 is 11.1 Å². The zero-order valence-electron chi connectivity index (χ0n) is 20.1. The highest BCUT2D eigenvalue weighted by atomic mass is 79.9. The van der Waals surface area contributed by atoms with E-state index in [4.69, 9.17) is 15.7 Å². The molecule has 0 spiro atoms. The van der Waals surface area contributed by atoms with Crippen LogP contribution in [0.3, 0.4) is 0 Å². The third kappa shape index (κ3) is 7.48. The van der Waals surface area contributed by atoms with Gasteiger partial charge in [-0.25, -0.2) is 9.97 Å². The normalized spacial score (nSPS) is 16.6. The van der Waals surface area contributed by atoms with Crippen LogP contribution in [0.15, 0.2) is 60.7 Å². The Labute approximate surface area is 210 Å². The van der Waals surface area contributed by atoms with Crippen LogP contribution in [0.25, 0.3) is 10.9 Å². The molecule has 2 heterocycles. The second-order valence-electron chi connectivity index (χ2n) is 8.93. The number of allylic oxidation sites excluding steroid dienone is 3. The van der Waals surface area contributed by atoms with Crippen molar-refractivity contribution in [2.45, 2.75) is 26.4 Å². The number of rotatable bonds is 11. The van der Waals surface area contributed by atoms with Gasteiger partial charge in [0.1, 0.15) is 17.7 Å². The quantitative estimate of drug-likeness (QED) is 0.342. The van der Waals surface area contributed by atoms with Crippen LogP contribution in [0.2, 0.25) is 0 Å². The molecule has 1 saturated heterocycles.